The minimum absolute atomic E-state index is 0. The Hall–Kier alpha value is -0.640. The summed E-state index contributed by atoms with van der Waals surface area (Å²) in [4.78, 5) is 3.96. The molecule has 0 saturated heterocycles. The van der Waals surface area contributed by atoms with Gasteiger partial charge in [-0.1, -0.05) is 6.07 Å². The van der Waals surface area contributed by atoms with Crippen LogP contribution in [0.4, 0.5) is 0 Å². The standard InChI is InChI=1S/C10H16N2O.ClH/c1-11-6-3-5-10(13)9-4-2-7-12-8-9;/h2,4,7-8,10-11,13H,3,5-6H2,1H3;1H/t10-;/m1./s1. The molecule has 1 aromatic rings. The number of aliphatic hydroxyl groups is 1. The topological polar surface area (TPSA) is 45.1 Å². The molecule has 14 heavy (non-hydrogen) atoms. The Labute approximate surface area is 91.0 Å². The lowest BCUT2D eigenvalue weighted by Gasteiger charge is -2.09. The molecule has 4 heteroatoms. The van der Waals surface area contributed by atoms with Gasteiger partial charge in [0.1, 0.15) is 0 Å². The van der Waals surface area contributed by atoms with Gasteiger partial charge in [0.2, 0.25) is 0 Å². The van der Waals surface area contributed by atoms with Gasteiger partial charge in [-0.3, -0.25) is 4.98 Å². The van der Waals surface area contributed by atoms with Crippen LogP contribution in [0.2, 0.25) is 0 Å². The summed E-state index contributed by atoms with van der Waals surface area (Å²) in [6.45, 7) is 0.942. The molecule has 0 aliphatic carbocycles. The van der Waals surface area contributed by atoms with Crippen molar-refractivity contribution in [3.05, 3.63) is 30.1 Å². The number of rotatable bonds is 5. The molecule has 3 nitrogen and oxygen atoms in total. The zero-order chi connectivity index (χ0) is 9.52. The lowest BCUT2D eigenvalue weighted by atomic mass is 10.1. The number of hydrogen-bond donors (Lipinski definition) is 2. The van der Waals surface area contributed by atoms with Gasteiger partial charge in [-0.25, -0.2) is 0 Å². The van der Waals surface area contributed by atoms with E-state index in [4.69, 9.17) is 0 Å². The van der Waals surface area contributed by atoms with Gasteiger partial charge in [0.05, 0.1) is 6.10 Å². The van der Waals surface area contributed by atoms with Crippen LogP contribution in [0.3, 0.4) is 0 Å². The lowest BCUT2D eigenvalue weighted by molar-refractivity contribution is 0.164. The van der Waals surface area contributed by atoms with Crippen molar-refractivity contribution >= 4 is 12.4 Å². The largest absolute Gasteiger partial charge is 0.388 e. The Morgan fingerprint density at radius 1 is 1.57 bits per heavy atom. The van der Waals surface area contributed by atoms with Crippen molar-refractivity contribution in [3.63, 3.8) is 0 Å². The molecule has 0 fully saturated rings. The first-order chi connectivity index (χ1) is 6.34. The van der Waals surface area contributed by atoms with E-state index < -0.39 is 0 Å². The van der Waals surface area contributed by atoms with Crippen LogP contribution in [0.25, 0.3) is 0 Å². The third-order valence-corrected chi connectivity index (χ3v) is 1.97. The average molecular weight is 217 g/mol. The van der Waals surface area contributed by atoms with Gasteiger partial charge in [-0.2, -0.15) is 0 Å². The number of aromatic nitrogens is 1. The van der Waals surface area contributed by atoms with E-state index in [-0.39, 0.29) is 18.5 Å². The maximum atomic E-state index is 9.68. The zero-order valence-corrected chi connectivity index (χ0v) is 9.13. The predicted octanol–water partition coefficient (Wildman–Crippen LogP) is 1.54. The number of pyridine rings is 1. The quantitative estimate of drug-likeness (QED) is 0.734. The summed E-state index contributed by atoms with van der Waals surface area (Å²) in [7, 11) is 1.91. The fourth-order valence-electron chi connectivity index (χ4n) is 1.21. The number of nitrogens with one attached hydrogen (secondary N) is 1. The van der Waals surface area contributed by atoms with Crippen LogP contribution in [0, 0.1) is 0 Å². The smallest absolute Gasteiger partial charge is 0.0805 e. The van der Waals surface area contributed by atoms with E-state index in [0.717, 1.165) is 24.9 Å². The molecule has 0 spiro atoms. The van der Waals surface area contributed by atoms with Crippen molar-refractivity contribution in [3.8, 4) is 0 Å². The first-order valence-corrected chi connectivity index (χ1v) is 4.57. The van der Waals surface area contributed by atoms with Gasteiger partial charge in [0.15, 0.2) is 0 Å². The normalized spacial score (nSPS) is 11.9. The molecular weight excluding hydrogens is 200 g/mol. The number of nitrogens with zero attached hydrogens (tertiary/aromatic N) is 1. The fraction of sp³-hybridized carbons (Fsp3) is 0.500. The van der Waals surface area contributed by atoms with E-state index in [2.05, 4.69) is 10.3 Å². The van der Waals surface area contributed by atoms with Crippen LogP contribution >= 0.6 is 12.4 Å². The molecule has 80 valence electrons. The summed E-state index contributed by atoms with van der Waals surface area (Å²) >= 11 is 0. The summed E-state index contributed by atoms with van der Waals surface area (Å²) in [5.74, 6) is 0. The molecule has 0 amide bonds. The summed E-state index contributed by atoms with van der Waals surface area (Å²) in [5, 5.41) is 12.7. The van der Waals surface area contributed by atoms with Crippen LogP contribution in [-0.2, 0) is 0 Å². The minimum Gasteiger partial charge on any atom is -0.388 e. The van der Waals surface area contributed by atoms with Gasteiger partial charge in [-0.15, -0.1) is 12.4 Å². The Balaban J connectivity index is 0.00000169. The number of halogens is 1. The van der Waals surface area contributed by atoms with E-state index in [1.165, 1.54) is 0 Å². The Bertz CT molecular complexity index is 231. The molecule has 0 aliphatic heterocycles. The second kappa shape index (κ2) is 7.74. The van der Waals surface area contributed by atoms with Crippen LogP contribution in [0.5, 0.6) is 0 Å². The highest BCUT2D eigenvalue weighted by Gasteiger charge is 2.05. The van der Waals surface area contributed by atoms with E-state index in [9.17, 15) is 5.11 Å². The molecular formula is C10H17ClN2O. The van der Waals surface area contributed by atoms with Gasteiger partial charge in [0, 0.05) is 12.4 Å². The van der Waals surface area contributed by atoms with Crippen molar-refractivity contribution in [2.45, 2.75) is 18.9 Å². The highest BCUT2D eigenvalue weighted by Crippen LogP contribution is 2.15. The second-order valence-corrected chi connectivity index (χ2v) is 3.05. The third kappa shape index (κ3) is 4.56. The maximum Gasteiger partial charge on any atom is 0.0805 e. The summed E-state index contributed by atoms with van der Waals surface area (Å²) in [5.41, 5.74) is 0.901. The number of aliphatic hydroxyl groups excluding tert-OH is 1. The minimum atomic E-state index is -0.373. The second-order valence-electron chi connectivity index (χ2n) is 3.05. The van der Waals surface area contributed by atoms with Gasteiger partial charge in [0.25, 0.3) is 0 Å². The molecule has 1 atom stereocenters. The van der Waals surface area contributed by atoms with Crippen LogP contribution in [-0.4, -0.2) is 23.7 Å². The van der Waals surface area contributed by atoms with Gasteiger partial charge >= 0.3 is 0 Å². The molecule has 2 N–H and O–H groups in total. The molecule has 0 saturated carbocycles. The fourth-order valence-corrected chi connectivity index (χ4v) is 1.21. The van der Waals surface area contributed by atoms with Crippen molar-refractivity contribution in [2.75, 3.05) is 13.6 Å². The van der Waals surface area contributed by atoms with Crippen molar-refractivity contribution in [1.29, 1.82) is 0 Å². The molecule has 0 bridgehead atoms. The van der Waals surface area contributed by atoms with E-state index in [1.54, 1.807) is 12.4 Å². The zero-order valence-electron chi connectivity index (χ0n) is 8.31. The highest BCUT2D eigenvalue weighted by atomic mass is 35.5. The molecule has 1 heterocycles. The third-order valence-electron chi connectivity index (χ3n) is 1.97. The summed E-state index contributed by atoms with van der Waals surface area (Å²) in [6.07, 6.45) is 4.81. The molecule has 0 aromatic carbocycles. The summed E-state index contributed by atoms with van der Waals surface area (Å²) in [6, 6.07) is 3.74. The van der Waals surface area contributed by atoms with Crippen molar-refractivity contribution < 1.29 is 5.11 Å². The van der Waals surface area contributed by atoms with Crippen LogP contribution in [0.1, 0.15) is 24.5 Å². The lowest BCUT2D eigenvalue weighted by Crippen LogP contribution is -2.09. The van der Waals surface area contributed by atoms with Gasteiger partial charge < -0.3 is 10.4 Å². The predicted molar refractivity (Wildman–Crippen MR) is 59.6 cm³/mol. The van der Waals surface area contributed by atoms with E-state index in [1.807, 2.05) is 19.2 Å². The Morgan fingerprint density at radius 3 is 2.93 bits per heavy atom. The van der Waals surface area contributed by atoms with Crippen molar-refractivity contribution in [1.82, 2.24) is 10.3 Å². The molecule has 1 rings (SSSR count). The highest BCUT2D eigenvalue weighted by molar-refractivity contribution is 5.85. The molecule has 0 aliphatic rings. The van der Waals surface area contributed by atoms with Gasteiger partial charge in [-0.05, 0) is 38.1 Å². The van der Waals surface area contributed by atoms with E-state index >= 15 is 0 Å². The first kappa shape index (κ1) is 13.4. The Morgan fingerprint density at radius 2 is 2.36 bits per heavy atom. The van der Waals surface area contributed by atoms with Crippen LogP contribution < -0.4 is 5.32 Å². The SMILES string of the molecule is CNCCC[C@@H](O)c1cccnc1.Cl. The molecule has 0 radical (unpaired) electrons. The van der Waals surface area contributed by atoms with Crippen LogP contribution in [0.15, 0.2) is 24.5 Å². The maximum absolute atomic E-state index is 9.68. The average Bonchev–Trinajstić information content (AvgIpc) is 2.19. The van der Waals surface area contributed by atoms with Crippen molar-refractivity contribution in [2.24, 2.45) is 0 Å². The monoisotopic (exact) mass is 216 g/mol. The summed E-state index contributed by atoms with van der Waals surface area (Å²) < 4.78 is 0. The first-order valence-electron chi connectivity index (χ1n) is 4.57. The molecule has 0 unspecified atom stereocenters. The van der Waals surface area contributed by atoms with E-state index in [0.29, 0.717) is 0 Å². The molecule has 1 aromatic heterocycles. The Kier molecular flexibility index (Phi) is 7.38. The number of hydrogen-bond acceptors (Lipinski definition) is 3.